The lowest BCUT2D eigenvalue weighted by Crippen LogP contribution is -2.23. The zero-order valence-corrected chi connectivity index (χ0v) is 13.1. The fourth-order valence-corrected chi connectivity index (χ4v) is 2.82. The smallest absolute Gasteiger partial charge is 0.251 e. The van der Waals surface area contributed by atoms with Crippen LogP contribution in [0.2, 0.25) is 0 Å². The van der Waals surface area contributed by atoms with Gasteiger partial charge in [-0.05, 0) is 48.2 Å². The van der Waals surface area contributed by atoms with Crippen LogP contribution in [-0.2, 0) is 0 Å². The fraction of sp³-hybridized carbons (Fsp3) is 0.176. The number of hydrogen-bond acceptors (Lipinski definition) is 3. The van der Waals surface area contributed by atoms with Gasteiger partial charge in [-0.2, -0.15) is 5.10 Å². The van der Waals surface area contributed by atoms with E-state index in [0.29, 0.717) is 12.1 Å². The third kappa shape index (κ3) is 3.09. The lowest BCUT2D eigenvalue weighted by molar-refractivity contribution is 0.0953. The molecule has 1 amide bonds. The molecule has 0 saturated carbocycles. The number of carbonyl (C=O) groups excluding carboxylic acids is 1. The summed E-state index contributed by atoms with van der Waals surface area (Å²) in [5.41, 5.74) is 2.57. The number of benzene rings is 1. The molecule has 112 valence electrons. The van der Waals surface area contributed by atoms with Gasteiger partial charge in [-0.25, -0.2) is 4.68 Å². The molecule has 4 nitrogen and oxygen atoms in total. The molecule has 0 aliphatic rings. The number of thiophene rings is 1. The van der Waals surface area contributed by atoms with Crippen molar-refractivity contribution in [3.63, 3.8) is 0 Å². The Kier molecular flexibility index (Phi) is 4.34. The minimum Gasteiger partial charge on any atom is -0.352 e. The molecule has 0 bridgehead atoms. The first-order chi connectivity index (χ1) is 10.8. The average molecular weight is 311 g/mol. The Labute approximate surface area is 133 Å². The van der Waals surface area contributed by atoms with E-state index < -0.39 is 0 Å². The molecule has 0 aliphatic carbocycles. The highest BCUT2D eigenvalue weighted by molar-refractivity contribution is 7.13. The van der Waals surface area contributed by atoms with E-state index in [2.05, 4.69) is 16.5 Å². The van der Waals surface area contributed by atoms with Gasteiger partial charge in [-0.15, -0.1) is 11.3 Å². The topological polar surface area (TPSA) is 46.9 Å². The number of amides is 1. The van der Waals surface area contributed by atoms with Crippen molar-refractivity contribution in [2.45, 2.75) is 13.3 Å². The number of carbonyl (C=O) groups is 1. The van der Waals surface area contributed by atoms with Gasteiger partial charge in [0.15, 0.2) is 0 Å². The molecule has 1 N–H and O–H groups in total. The van der Waals surface area contributed by atoms with E-state index in [9.17, 15) is 4.79 Å². The van der Waals surface area contributed by atoms with E-state index in [1.54, 1.807) is 11.3 Å². The maximum absolute atomic E-state index is 11.9. The third-order valence-corrected chi connectivity index (χ3v) is 4.18. The molecular formula is C17H17N3OS. The second kappa shape index (κ2) is 6.58. The number of hydrogen-bond donors (Lipinski definition) is 1. The number of aromatic nitrogens is 2. The third-order valence-electron chi connectivity index (χ3n) is 3.29. The molecule has 2 aromatic heterocycles. The second-order valence-corrected chi connectivity index (χ2v) is 5.87. The van der Waals surface area contributed by atoms with Gasteiger partial charge in [-0.1, -0.05) is 13.0 Å². The molecule has 0 fully saturated rings. The lowest BCUT2D eigenvalue weighted by atomic mass is 10.2. The summed E-state index contributed by atoms with van der Waals surface area (Å²) in [4.78, 5) is 13.0. The highest BCUT2D eigenvalue weighted by atomic mass is 32.1. The number of nitrogens with one attached hydrogen (secondary N) is 1. The quantitative estimate of drug-likeness (QED) is 0.780. The van der Waals surface area contributed by atoms with Crippen molar-refractivity contribution in [1.82, 2.24) is 15.1 Å². The van der Waals surface area contributed by atoms with Gasteiger partial charge in [-0.3, -0.25) is 4.79 Å². The summed E-state index contributed by atoms with van der Waals surface area (Å²) in [6.45, 7) is 2.73. The van der Waals surface area contributed by atoms with E-state index in [0.717, 1.165) is 22.7 Å². The van der Waals surface area contributed by atoms with E-state index in [1.165, 1.54) is 0 Å². The first-order valence-electron chi connectivity index (χ1n) is 7.26. The van der Waals surface area contributed by atoms with Crippen molar-refractivity contribution in [2.75, 3.05) is 6.54 Å². The van der Waals surface area contributed by atoms with Crippen LogP contribution in [-0.4, -0.2) is 22.2 Å². The van der Waals surface area contributed by atoms with Crippen LogP contribution in [0.3, 0.4) is 0 Å². The Morgan fingerprint density at radius 1 is 1.23 bits per heavy atom. The van der Waals surface area contributed by atoms with Crippen molar-refractivity contribution in [3.8, 4) is 16.3 Å². The Bertz CT molecular complexity index is 745. The Morgan fingerprint density at radius 3 is 2.73 bits per heavy atom. The Morgan fingerprint density at radius 2 is 2.05 bits per heavy atom. The van der Waals surface area contributed by atoms with E-state index in [4.69, 9.17) is 0 Å². The van der Waals surface area contributed by atoms with Gasteiger partial charge in [0.05, 0.1) is 10.6 Å². The van der Waals surface area contributed by atoms with Crippen LogP contribution < -0.4 is 5.32 Å². The van der Waals surface area contributed by atoms with E-state index >= 15 is 0 Å². The van der Waals surface area contributed by atoms with Crippen LogP contribution in [0.1, 0.15) is 23.7 Å². The summed E-state index contributed by atoms with van der Waals surface area (Å²) in [6, 6.07) is 13.5. The molecule has 0 aliphatic heterocycles. The summed E-state index contributed by atoms with van der Waals surface area (Å²) in [5, 5.41) is 9.48. The van der Waals surface area contributed by atoms with Gasteiger partial charge in [0.25, 0.3) is 5.91 Å². The van der Waals surface area contributed by atoms with Gasteiger partial charge >= 0.3 is 0 Å². The molecule has 1 aromatic carbocycles. The number of nitrogens with zero attached hydrogens (tertiary/aromatic N) is 2. The molecule has 5 heteroatoms. The Hall–Kier alpha value is -2.40. The standard InChI is InChI=1S/C17H17N3OS/c1-2-10-18-17(21)13-5-7-14(8-6-13)20-11-9-15(19-20)16-4-3-12-22-16/h3-9,11-12H,2,10H2,1H3,(H,18,21). The predicted molar refractivity (Wildman–Crippen MR) is 89.5 cm³/mol. The van der Waals surface area contributed by atoms with Crippen LogP contribution in [0.4, 0.5) is 0 Å². The van der Waals surface area contributed by atoms with Crippen molar-refractivity contribution < 1.29 is 4.79 Å². The highest BCUT2D eigenvalue weighted by Crippen LogP contribution is 2.23. The zero-order chi connectivity index (χ0) is 15.4. The largest absolute Gasteiger partial charge is 0.352 e. The number of rotatable bonds is 5. The first kappa shape index (κ1) is 14.5. The SMILES string of the molecule is CCCNC(=O)c1ccc(-n2ccc(-c3cccs3)n2)cc1. The summed E-state index contributed by atoms with van der Waals surface area (Å²) >= 11 is 1.67. The molecule has 3 rings (SSSR count). The molecule has 0 radical (unpaired) electrons. The van der Waals surface area contributed by atoms with E-state index in [-0.39, 0.29) is 5.91 Å². The average Bonchev–Trinajstić information content (AvgIpc) is 3.23. The van der Waals surface area contributed by atoms with Crippen LogP contribution in [0, 0.1) is 0 Å². The summed E-state index contributed by atoms with van der Waals surface area (Å²) < 4.78 is 1.82. The monoisotopic (exact) mass is 311 g/mol. The molecule has 2 heterocycles. The molecule has 3 aromatic rings. The van der Waals surface area contributed by atoms with Crippen molar-refractivity contribution in [3.05, 3.63) is 59.6 Å². The normalized spacial score (nSPS) is 10.6. The van der Waals surface area contributed by atoms with Crippen LogP contribution in [0.15, 0.2) is 54.0 Å². The van der Waals surface area contributed by atoms with Gasteiger partial charge in [0.1, 0.15) is 5.69 Å². The second-order valence-electron chi connectivity index (χ2n) is 4.93. The van der Waals surface area contributed by atoms with Crippen LogP contribution in [0.5, 0.6) is 0 Å². The molecule has 0 spiro atoms. The maximum atomic E-state index is 11.9. The van der Waals surface area contributed by atoms with Gasteiger partial charge < -0.3 is 5.32 Å². The molecule has 22 heavy (non-hydrogen) atoms. The van der Waals surface area contributed by atoms with Gasteiger partial charge in [0, 0.05) is 18.3 Å². The molecule has 0 unspecified atom stereocenters. The first-order valence-corrected chi connectivity index (χ1v) is 8.14. The summed E-state index contributed by atoms with van der Waals surface area (Å²) in [7, 11) is 0. The minimum atomic E-state index is -0.0341. The van der Waals surface area contributed by atoms with Crippen molar-refractivity contribution >= 4 is 17.2 Å². The lowest BCUT2D eigenvalue weighted by Gasteiger charge is -2.05. The van der Waals surface area contributed by atoms with Crippen LogP contribution >= 0.6 is 11.3 Å². The fourth-order valence-electron chi connectivity index (χ4n) is 2.13. The maximum Gasteiger partial charge on any atom is 0.251 e. The van der Waals surface area contributed by atoms with Crippen molar-refractivity contribution in [2.24, 2.45) is 0 Å². The summed E-state index contributed by atoms with van der Waals surface area (Å²) in [6.07, 6.45) is 2.86. The molecular weight excluding hydrogens is 294 g/mol. The van der Waals surface area contributed by atoms with E-state index in [1.807, 2.05) is 59.6 Å². The molecule has 0 saturated heterocycles. The highest BCUT2D eigenvalue weighted by Gasteiger charge is 2.07. The molecule has 0 atom stereocenters. The van der Waals surface area contributed by atoms with Gasteiger partial charge in [0.2, 0.25) is 0 Å². The Balaban J connectivity index is 1.77. The van der Waals surface area contributed by atoms with Crippen LogP contribution in [0.25, 0.3) is 16.3 Å². The zero-order valence-electron chi connectivity index (χ0n) is 12.3. The summed E-state index contributed by atoms with van der Waals surface area (Å²) in [5.74, 6) is -0.0341. The van der Waals surface area contributed by atoms with Crippen molar-refractivity contribution in [1.29, 1.82) is 0 Å². The predicted octanol–water partition coefficient (Wildman–Crippen LogP) is 3.74. The minimum absolute atomic E-state index is 0.0341.